The molecular formula is C11H22N2O4S. The van der Waals surface area contributed by atoms with Gasteiger partial charge in [0.2, 0.25) is 0 Å². The third kappa shape index (κ3) is 8.05. The lowest BCUT2D eigenvalue weighted by atomic mass is 9.96. The molecule has 6 nitrogen and oxygen atoms in total. The molecule has 0 spiro atoms. The SMILES string of the molecule is CC(C)C(CNC(=O)NCCCS(C)=O)C(=O)O. The summed E-state index contributed by atoms with van der Waals surface area (Å²) in [4.78, 5) is 22.2. The van der Waals surface area contributed by atoms with Gasteiger partial charge in [-0.1, -0.05) is 13.8 Å². The lowest BCUT2D eigenvalue weighted by molar-refractivity contribution is -0.142. The maximum Gasteiger partial charge on any atom is 0.314 e. The van der Waals surface area contributed by atoms with Crippen molar-refractivity contribution in [1.29, 1.82) is 0 Å². The Balaban J connectivity index is 3.81. The van der Waals surface area contributed by atoms with Crippen LogP contribution in [0, 0.1) is 11.8 Å². The quantitative estimate of drug-likeness (QED) is 0.560. The number of nitrogens with one attached hydrogen (secondary N) is 2. The van der Waals surface area contributed by atoms with Crippen LogP contribution in [-0.4, -0.2) is 46.4 Å². The third-order valence-corrected chi connectivity index (χ3v) is 3.36. The normalized spacial score (nSPS) is 14.0. The average Bonchev–Trinajstić information content (AvgIpc) is 2.23. The summed E-state index contributed by atoms with van der Waals surface area (Å²) in [5, 5.41) is 14.0. The highest BCUT2D eigenvalue weighted by atomic mass is 32.2. The summed E-state index contributed by atoms with van der Waals surface area (Å²) < 4.78 is 10.8. The van der Waals surface area contributed by atoms with Gasteiger partial charge in [0.15, 0.2) is 0 Å². The molecule has 2 unspecified atom stereocenters. The van der Waals surface area contributed by atoms with E-state index in [1.54, 1.807) is 20.1 Å². The molecule has 18 heavy (non-hydrogen) atoms. The van der Waals surface area contributed by atoms with Crippen LogP contribution < -0.4 is 10.6 Å². The number of rotatable bonds is 8. The Kier molecular flexibility index (Phi) is 8.36. The van der Waals surface area contributed by atoms with Crippen LogP contribution in [0.15, 0.2) is 0 Å². The van der Waals surface area contributed by atoms with E-state index in [0.717, 1.165) is 0 Å². The first-order chi connectivity index (χ1) is 8.34. The molecule has 0 saturated heterocycles. The number of hydrogen-bond acceptors (Lipinski definition) is 3. The Morgan fingerprint density at radius 2 is 1.89 bits per heavy atom. The van der Waals surface area contributed by atoms with Gasteiger partial charge < -0.3 is 15.7 Å². The van der Waals surface area contributed by atoms with Crippen molar-refractivity contribution in [2.24, 2.45) is 11.8 Å². The van der Waals surface area contributed by atoms with Crippen molar-refractivity contribution in [2.45, 2.75) is 20.3 Å². The van der Waals surface area contributed by atoms with Gasteiger partial charge in [-0.05, 0) is 12.3 Å². The van der Waals surface area contributed by atoms with Gasteiger partial charge in [-0.25, -0.2) is 4.79 Å². The summed E-state index contributed by atoms with van der Waals surface area (Å²) in [5.74, 6) is -0.986. The molecule has 0 aromatic rings. The molecule has 0 fully saturated rings. The molecule has 0 aliphatic heterocycles. The monoisotopic (exact) mass is 278 g/mol. The summed E-state index contributed by atoms with van der Waals surface area (Å²) in [6.45, 7) is 4.15. The molecule has 0 radical (unpaired) electrons. The number of aliphatic carboxylic acids is 1. The standard InChI is InChI=1S/C11H22N2O4S/c1-8(2)9(10(14)15)7-13-11(16)12-5-4-6-18(3)17/h8-9H,4-7H2,1-3H3,(H,14,15)(H2,12,13,16). The number of amides is 2. The second-order valence-corrected chi connectivity index (χ2v) is 6.01. The topological polar surface area (TPSA) is 95.5 Å². The van der Waals surface area contributed by atoms with E-state index in [1.165, 1.54) is 0 Å². The van der Waals surface area contributed by atoms with Gasteiger partial charge in [-0.3, -0.25) is 9.00 Å². The minimum absolute atomic E-state index is 0.0367. The zero-order valence-corrected chi connectivity index (χ0v) is 11.9. The summed E-state index contributed by atoms with van der Waals surface area (Å²) in [6, 6.07) is -0.385. The lowest BCUT2D eigenvalue weighted by Gasteiger charge is -2.16. The van der Waals surface area contributed by atoms with E-state index in [4.69, 9.17) is 5.11 Å². The van der Waals surface area contributed by atoms with Crippen LogP contribution >= 0.6 is 0 Å². The number of carbonyl (C=O) groups is 2. The van der Waals surface area contributed by atoms with E-state index in [1.807, 2.05) is 0 Å². The number of carboxylic acids is 1. The van der Waals surface area contributed by atoms with Gasteiger partial charge in [0.25, 0.3) is 0 Å². The number of carboxylic acid groups (broad SMARTS) is 1. The predicted octanol–water partition coefficient (Wildman–Crippen LogP) is 0.411. The van der Waals surface area contributed by atoms with Gasteiger partial charge >= 0.3 is 12.0 Å². The molecular weight excluding hydrogens is 256 g/mol. The molecule has 0 aromatic carbocycles. The van der Waals surface area contributed by atoms with Gasteiger partial charge in [0, 0.05) is 35.9 Å². The van der Waals surface area contributed by atoms with E-state index in [9.17, 15) is 13.8 Å². The van der Waals surface area contributed by atoms with Crippen LogP contribution in [0.1, 0.15) is 20.3 Å². The summed E-state index contributed by atoms with van der Waals surface area (Å²) in [5.41, 5.74) is 0. The number of hydrogen-bond donors (Lipinski definition) is 3. The minimum atomic E-state index is -0.910. The Morgan fingerprint density at radius 1 is 1.28 bits per heavy atom. The van der Waals surface area contributed by atoms with Crippen LogP contribution in [0.25, 0.3) is 0 Å². The van der Waals surface area contributed by atoms with E-state index in [0.29, 0.717) is 18.7 Å². The van der Waals surface area contributed by atoms with Crippen molar-refractivity contribution in [1.82, 2.24) is 10.6 Å². The molecule has 0 bridgehead atoms. The fraction of sp³-hybridized carbons (Fsp3) is 0.818. The summed E-state index contributed by atoms with van der Waals surface area (Å²) >= 11 is 0. The Bertz CT molecular complexity index is 307. The van der Waals surface area contributed by atoms with E-state index in [-0.39, 0.29) is 18.5 Å². The maximum absolute atomic E-state index is 11.3. The zero-order chi connectivity index (χ0) is 14.1. The predicted molar refractivity (Wildman–Crippen MR) is 70.9 cm³/mol. The molecule has 0 heterocycles. The highest BCUT2D eigenvalue weighted by molar-refractivity contribution is 7.84. The van der Waals surface area contributed by atoms with Crippen LogP contribution in [-0.2, 0) is 15.6 Å². The number of urea groups is 1. The van der Waals surface area contributed by atoms with Crippen LogP contribution in [0.3, 0.4) is 0 Å². The second-order valence-electron chi connectivity index (χ2n) is 4.46. The highest BCUT2D eigenvalue weighted by Gasteiger charge is 2.21. The van der Waals surface area contributed by atoms with Gasteiger partial charge in [0.05, 0.1) is 5.92 Å². The van der Waals surface area contributed by atoms with Crippen molar-refractivity contribution < 1.29 is 18.9 Å². The molecule has 0 aliphatic rings. The Hall–Kier alpha value is -1.11. The molecule has 7 heteroatoms. The Morgan fingerprint density at radius 3 is 2.33 bits per heavy atom. The van der Waals surface area contributed by atoms with Crippen LogP contribution in [0.2, 0.25) is 0 Å². The first-order valence-electron chi connectivity index (χ1n) is 5.89. The molecule has 0 aliphatic carbocycles. The minimum Gasteiger partial charge on any atom is -0.481 e. The molecule has 0 rings (SSSR count). The fourth-order valence-corrected chi connectivity index (χ4v) is 1.90. The smallest absolute Gasteiger partial charge is 0.314 e. The second kappa shape index (κ2) is 8.91. The molecule has 0 aromatic heterocycles. The maximum atomic E-state index is 11.3. The molecule has 0 saturated carbocycles. The molecule has 106 valence electrons. The Labute approximate surface area is 110 Å². The van der Waals surface area contributed by atoms with Crippen molar-refractivity contribution in [3.05, 3.63) is 0 Å². The van der Waals surface area contributed by atoms with E-state index in [2.05, 4.69) is 10.6 Å². The first kappa shape index (κ1) is 16.9. The zero-order valence-electron chi connectivity index (χ0n) is 11.1. The highest BCUT2D eigenvalue weighted by Crippen LogP contribution is 2.09. The van der Waals surface area contributed by atoms with Crippen molar-refractivity contribution in [3.8, 4) is 0 Å². The van der Waals surface area contributed by atoms with Gasteiger partial charge in [0.1, 0.15) is 0 Å². The third-order valence-electron chi connectivity index (χ3n) is 2.50. The number of carbonyl (C=O) groups excluding carboxylic acids is 1. The van der Waals surface area contributed by atoms with Crippen LogP contribution in [0.5, 0.6) is 0 Å². The first-order valence-corrected chi connectivity index (χ1v) is 7.61. The summed E-state index contributed by atoms with van der Waals surface area (Å²) in [7, 11) is -0.853. The van der Waals surface area contributed by atoms with Crippen LogP contribution in [0.4, 0.5) is 4.79 Å². The summed E-state index contributed by atoms with van der Waals surface area (Å²) in [6.07, 6.45) is 2.25. The lowest BCUT2D eigenvalue weighted by Crippen LogP contribution is -2.41. The average molecular weight is 278 g/mol. The molecule has 2 atom stereocenters. The molecule has 3 N–H and O–H groups in total. The van der Waals surface area contributed by atoms with Crippen molar-refractivity contribution in [3.63, 3.8) is 0 Å². The van der Waals surface area contributed by atoms with Crippen molar-refractivity contribution >= 4 is 22.8 Å². The fourth-order valence-electron chi connectivity index (χ4n) is 1.35. The largest absolute Gasteiger partial charge is 0.481 e. The van der Waals surface area contributed by atoms with Crippen molar-refractivity contribution in [2.75, 3.05) is 25.1 Å². The van der Waals surface area contributed by atoms with E-state index >= 15 is 0 Å². The van der Waals surface area contributed by atoms with Gasteiger partial charge in [-0.2, -0.15) is 0 Å². The van der Waals surface area contributed by atoms with Gasteiger partial charge in [-0.15, -0.1) is 0 Å². The van der Waals surface area contributed by atoms with E-state index < -0.39 is 22.7 Å². The molecule has 2 amide bonds.